The molecule has 0 unspecified atom stereocenters. The maximum absolute atomic E-state index is 11.9. The molecule has 0 bridgehead atoms. The highest BCUT2D eigenvalue weighted by Crippen LogP contribution is 2.17. The molecule has 0 saturated carbocycles. The lowest BCUT2D eigenvalue weighted by atomic mass is 10.1. The van der Waals surface area contributed by atoms with E-state index in [0.29, 0.717) is 11.4 Å². The van der Waals surface area contributed by atoms with Crippen LogP contribution < -0.4 is 10.6 Å². The first-order valence-corrected chi connectivity index (χ1v) is 8.87. The average molecular weight is 389 g/mol. The van der Waals surface area contributed by atoms with Crippen LogP contribution in [0.25, 0.3) is 17.0 Å². The summed E-state index contributed by atoms with van der Waals surface area (Å²) >= 11 is 0. The molecule has 1 aromatic heterocycles. The van der Waals surface area contributed by atoms with E-state index in [1.807, 2.05) is 30.3 Å². The number of benzene rings is 2. The molecule has 7 heteroatoms. The van der Waals surface area contributed by atoms with Gasteiger partial charge in [-0.15, -0.1) is 0 Å². The monoisotopic (exact) mass is 389 g/mol. The van der Waals surface area contributed by atoms with Crippen molar-refractivity contribution in [2.75, 3.05) is 17.2 Å². The highest BCUT2D eigenvalue weighted by molar-refractivity contribution is 5.96. The van der Waals surface area contributed by atoms with Gasteiger partial charge in [0.15, 0.2) is 6.61 Å². The Balaban J connectivity index is 1.51. The van der Waals surface area contributed by atoms with Gasteiger partial charge in [-0.25, -0.2) is 4.79 Å². The van der Waals surface area contributed by atoms with E-state index in [2.05, 4.69) is 15.6 Å². The molecule has 2 N–H and O–H groups in total. The zero-order valence-corrected chi connectivity index (χ0v) is 15.7. The Labute approximate surface area is 167 Å². The summed E-state index contributed by atoms with van der Waals surface area (Å²) in [4.78, 5) is 39.1. The Bertz CT molecular complexity index is 1070. The first kappa shape index (κ1) is 19.8. The normalized spacial score (nSPS) is 10.7. The van der Waals surface area contributed by atoms with Crippen molar-refractivity contribution in [1.82, 2.24) is 4.98 Å². The number of nitrogens with zero attached hydrogens (tertiary/aromatic N) is 1. The van der Waals surface area contributed by atoms with Crippen molar-refractivity contribution in [3.8, 4) is 0 Å². The number of rotatable bonds is 6. The lowest BCUT2D eigenvalue weighted by Gasteiger charge is -2.07. The number of amides is 2. The number of hydrogen-bond donors (Lipinski definition) is 2. The number of para-hydroxylation sites is 1. The quantitative estimate of drug-likeness (QED) is 0.497. The van der Waals surface area contributed by atoms with Gasteiger partial charge in [0.25, 0.3) is 5.91 Å². The third kappa shape index (κ3) is 5.74. The summed E-state index contributed by atoms with van der Waals surface area (Å²) < 4.78 is 4.97. The highest BCUT2D eigenvalue weighted by Gasteiger charge is 2.07. The molecule has 0 aliphatic carbocycles. The maximum Gasteiger partial charge on any atom is 0.331 e. The van der Waals surface area contributed by atoms with Gasteiger partial charge in [0.1, 0.15) is 0 Å². The number of fused-ring (bicyclic) bond motifs is 1. The number of ether oxygens (including phenoxy) is 1. The van der Waals surface area contributed by atoms with Crippen molar-refractivity contribution in [3.05, 3.63) is 72.4 Å². The minimum absolute atomic E-state index is 0.180. The van der Waals surface area contributed by atoms with E-state index in [1.54, 1.807) is 36.5 Å². The summed E-state index contributed by atoms with van der Waals surface area (Å²) in [5.41, 5.74) is 2.70. The van der Waals surface area contributed by atoms with Crippen molar-refractivity contribution in [1.29, 1.82) is 0 Å². The Morgan fingerprint density at radius 2 is 1.66 bits per heavy atom. The number of carbonyl (C=O) groups excluding carboxylic acids is 3. The molecular formula is C22H19N3O4. The van der Waals surface area contributed by atoms with Gasteiger partial charge in [0.05, 0.1) is 5.52 Å². The van der Waals surface area contributed by atoms with Gasteiger partial charge in [-0.1, -0.05) is 24.3 Å². The number of aromatic nitrogens is 1. The van der Waals surface area contributed by atoms with E-state index < -0.39 is 18.5 Å². The fraction of sp³-hybridized carbons (Fsp3) is 0.0909. The highest BCUT2D eigenvalue weighted by atomic mass is 16.5. The third-order valence-corrected chi connectivity index (χ3v) is 3.90. The van der Waals surface area contributed by atoms with Gasteiger partial charge in [-0.2, -0.15) is 0 Å². The van der Waals surface area contributed by atoms with Crippen molar-refractivity contribution in [3.63, 3.8) is 0 Å². The lowest BCUT2D eigenvalue weighted by molar-refractivity contribution is -0.142. The van der Waals surface area contributed by atoms with Gasteiger partial charge in [0, 0.05) is 41.5 Å². The van der Waals surface area contributed by atoms with Gasteiger partial charge in [-0.05, 0) is 36.4 Å². The molecule has 29 heavy (non-hydrogen) atoms. The molecule has 0 radical (unpaired) electrons. The summed E-state index contributed by atoms with van der Waals surface area (Å²) in [5.74, 6) is -1.28. The van der Waals surface area contributed by atoms with Crippen LogP contribution in [-0.2, 0) is 19.1 Å². The molecular weight excluding hydrogens is 370 g/mol. The second-order valence-electron chi connectivity index (χ2n) is 6.17. The fourth-order valence-electron chi connectivity index (χ4n) is 2.64. The molecule has 3 rings (SSSR count). The molecule has 2 amide bonds. The van der Waals surface area contributed by atoms with Crippen LogP contribution in [0.4, 0.5) is 11.4 Å². The van der Waals surface area contributed by atoms with Crippen LogP contribution in [0.2, 0.25) is 0 Å². The molecule has 2 aromatic carbocycles. The van der Waals surface area contributed by atoms with Crippen LogP contribution in [0.1, 0.15) is 12.5 Å². The van der Waals surface area contributed by atoms with Crippen LogP contribution in [-0.4, -0.2) is 29.4 Å². The van der Waals surface area contributed by atoms with E-state index in [9.17, 15) is 14.4 Å². The van der Waals surface area contributed by atoms with Crippen molar-refractivity contribution < 1.29 is 19.1 Å². The van der Waals surface area contributed by atoms with E-state index in [0.717, 1.165) is 16.5 Å². The van der Waals surface area contributed by atoms with Crippen LogP contribution in [0.5, 0.6) is 0 Å². The van der Waals surface area contributed by atoms with E-state index in [4.69, 9.17) is 4.74 Å². The van der Waals surface area contributed by atoms with Crippen molar-refractivity contribution >= 4 is 46.1 Å². The van der Waals surface area contributed by atoms with Gasteiger partial charge in [-0.3, -0.25) is 14.6 Å². The molecule has 0 aliphatic heterocycles. The topological polar surface area (TPSA) is 97.4 Å². The fourth-order valence-corrected chi connectivity index (χ4v) is 2.64. The first-order valence-electron chi connectivity index (χ1n) is 8.87. The second-order valence-corrected chi connectivity index (χ2v) is 6.17. The van der Waals surface area contributed by atoms with Crippen molar-refractivity contribution in [2.45, 2.75) is 6.92 Å². The van der Waals surface area contributed by atoms with Crippen molar-refractivity contribution in [2.24, 2.45) is 0 Å². The van der Waals surface area contributed by atoms with Crippen LogP contribution in [0, 0.1) is 0 Å². The standard InChI is InChI=1S/C22H19N3O4/c1-15(26)24-18-8-10-19(11-9-18)25-20(27)14-29-21(28)12-7-17-5-2-4-16-6-3-13-23-22(16)17/h2-13H,14H2,1H3,(H,24,26)(H,25,27)/b12-7+. The van der Waals surface area contributed by atoms with Crippen LogP contribution in [0.3, 0.4) is 0 Å². The van der Waals surface area contributed by atoms with E-state index in [-0.39, 0.29) is 5.91 Å². The molecule has 1 heterocycles. The lowest BCUT2D eigenvalue weighted by Crippen LogP contribution is -2.20. The second kappa shape index (κ2) is 9.27. The molecule has 0 fully saturated rings. The van der Waals surface area contributed by atoms with E-state index in [1.165, 1.54) is 13.0 Å². The molecule has 0 aliphatic rings. The SMILES string of the molecule is CC(=O)Nc1ccc(NC(=O)COC(=O)/C=C/c2cccc3cccnc23)cc1. The van der Waals surface area contributed by atoms with Crippen LogP contribution >= 0.6 is 0 Å². The number of pyridine rings is 1. The Hall–Kier alpha value is -4.00. The summed E-state index contributed by atoms with van der Waals surface area (Å²) in [7, 11) is 0. The largest absolute Gasteiger partial charge is 0.452 e. The minimum Gasteiger partial charge on any atom is -0.452 e. The average Bonchev–Trinajstić information content (AvgIpc) is 2.71. The number of anilines is 2. The maximum atomic E-state index is 11.9. The first-order chi connectivity index (χ1) is 14.0. The van der Waals surface area contributed by atoms with Crippen LogP contribution in [0.15, 0.2) is 66.9 Å². The van der Waals surface area contributed by atoms with Gasteiger partial charge in [0.2, 0.25) is 5.91 Å². The summed E-state index contributed by atoms with van der Waals surface area (Å²) in [5, 5.41) is 6.21. The molecule has 0 spiro atoms. The Morgan fingerprint density at radius 1 is 0.966 bits per heavy atom. The predicted octanol–water partition coefficient (Wildman–Crippen LogP) is 3.39. The molecule has 0 saturated heterocycles. The number of nitrogens with one attached hydrogen (secondary N) is 2. The minimum atomic E-state index is -0.630. The molecule has 0 atom stereocenters. The predicted molar refractivity (Wildman–Crippen MR) is 111 cm³/mol. The van der Waals surface area contributed by atoms with E-state index >= 15 is 0 Å². The third-order valence-electron chi connectivity index (χ3n) is 3.90. The smallest absolute Gasteiger partial charge is 0.331 e. The molecule has 7 nitrogen and oxygen atoms in total. The zero-order valence-electron chi connectivity index (χ0n) is 15.7. The number of carbonyl (C=O) groups is 3. The molecule has 3 aromatic rings. The van der Waals surface area contributed by atoms with Gasteiger partial charge < -0.3 is 15.4 Å². The summed E-state index contributed by atoms with van der Waals surface area (Å²) in [6, 6.07) is 16.0. The number of hydrogen-bond acceptors (Lipinski definition) is 5. The van der Waals surface area contributed by atoms with Gasteiger partial charge >= 0.3 is 5.97 Å². The summed E-state index contributed by atoms with van der Waals surface area (Å²) in [6.45, 7) is 1.000. The Kier molecular flexibility index (Phi) is 6.32. The Morgan fingerprint density at radius 3 is 2.38 bits per heavy atom. The zero-order chi connectivity index (χ0) is 20.6. The number of esters is 1. The summed E-state index contributed by atoms with van der Waals surface area (Å²) in [6.07, 6.45) is 4.56. The molecule has 146 valence electrons.